The average Bonchev–Trinajstić information content (AvgIpc) is 2.47. The zero-order valence-electron chi connectivity index (χ0n) is 6.94. The average molecular weight is 183 g/mol. The highest BCUT2D eigenvalue weighted by molar-refractivity contribution is 7.13. The zero-order chi connectivity index (χ0) is 8.39. The Hall–Kier alpha value is -0.610. The Kier molecular flexibility index (Phi) is 2.28. The van der Waals surface area contributed by atoms with Crippen LogP contribution in [0.4, 0.5) is 5.13 Å². The molecular weight excluding hydrogens is 170 g/mol. The SMILES string of the molecule is NCCC1CN(c2nccs2)C1. The second-order valence-electron chi connectivity index (χ2n) is 3.16. The van der Waals surface area contributed by atoms with Gasteiger partial charge in [-0.15, -0.1) is 11.3 Å². The van der Waals surface area contributed by atoms with Gasteiger partial charge in [-0.25, -0.2) is 4.98 Å². The van der Waals surface area contributed by atoms with Gasteiger partial charge in [0, 0.05) is 24.7 Å². The zero-order valence-corrected chi connectivity index (χ0v) is 7.76. The first kappa shape index (κ1) is 8.01. The summed E-state index contributed by atoms with van der Waals surface area (Å²) in [4.78, 5) is 6.56. The quantitative estimate of drug-likeness (QED) is 0.758. The van der Waals surface area contributed by atoms with Crippen molar-refractivity contribution in [2.24, 2.45) is 11.7 Å². The van der Waals surface area contributed by atoms with Crippen LogP contribution in [0.15, 0.2) is 11.6 Å². The summed E-state index contributed by atoms with van der Waals surface area (Å²) in [5.74, 6) is 0.805. The molecule has 1 fully saturated rings. The van der Waals surface area contributed by atoms with Gasteiger partial charge in [0.1, 0.15) is 0 Å². The molecule has 0 bridgehead atoms. The number of nitrogens with two attached hydrogens (primary N) is 1. The fourth-order valence-electron chi connectivity index (χ4n) is 1.52. The second kappa shape index (κ2) is 3.41. The lowest BCUT2D eigenvalue weighted by atomic mass is 9.97. The molecule has 0 aliphatic carbocycles. The van der Waals surface area contributed by atoms with E-state index in [0.29, 0.717) is 0 Å². The minimum Gasteiger partial charge on any atom is -0.347 e. The monoisotopic (exact) mass is 183 g/mol. The summed E-state index contributed by atoms with van der Waals surface area (Å²) < 4.78 is 0. The normalized spacial score (nSPS) is 17.9. The molecule has 12 heavy (non-hydrogen) atoms. The van der Waals surface area contributed by atoms with E-state index in [0.717, 1.165) is 37.1 Å². The highest BCUT2D eigenvalue weighted by atomic mass is 32.1. The summed E-state index contributed by atoms with van der Waals surface area (Å²) in [7, 11) is 0. The molecule has 4 heteroatoms. The van der Waals surface area contributed by atoms with E-state index in [4.69, 9.17) is 5.73 Å². The van der Waals surface area contributed by atoms with Crippen LogP contribution in [0.25, 0.3) is 0 Å². The van der Waals surface area contributed by atoms with Gasteiger partial charge >= 0.3 is 0 Å². The molecule has 66 valence electrons. The van der Waals surface area contributed by atoms with Gasteiger partial charge in [0.2, 0.25) is 0 Å². The van der Waals surface area contributed by atoms with E-state index in [-0.39, 0.29) is 0 Å². The second-order valence-corrected chi connectivity index (χ2v) is 4.04. The van der Waals surface area contributed by atoms with Crippen molar-refractivity contribution >= 4 is 16.5 Å². The molecule has 0 saturated carbocycles. The maximum absolute atomic E-state index is 5.47. The maximum Gasteiger partial charge on any atom is 0.185 e. The number of rotatable bonds is 3. The first-order valence-corrected chi connectivity index (χ1v) is 5.12. The summed E-state index contributed by atoms with van der Waals surface area (Å²) in [6.07, 6.45) is 3.01. The predicted octanol–water partition coefficient (Wildman–Crippen LogP) is 0.928. The first-order valence-electron chi connectivity index (χ1n) is 4.24. The van der Waals surface area contributed by atoms with Gasteiger partial charge in [-0.3, -0.25) is 0 Å². The summed E-state index contributed by atoms with van der Waals surface area (Å²) in [6, 6.07) is 0. The summed E-state index contributed by atoms with van der Waals surface area (Å²) in [5.41, 5.74) is 5.47. The van der Waals surface area contributed by atoms with Crippen LogP contribution in [0, 0.1) is 5.92 Å². The Balaban J connectivity index is 1.82. The van der Waals surface area contributed by atoms with Crippen LogP contribution in [0.2, 0.25) is 0 Å². The van der Waals surface area contributed by atoms with E-state index in [1.807, 2.05) is 11.6 Å². The Morgan fingerprint density at radius 1 is 1.67 bits per heavy atom. The Morgan fingerprint density at radius 3 is 3.08 bits per heavy atom. The van der Waals surface area contributed by atoms with Crippen LogP contribution in [0.5, 0.6) is 0 Å². The van der Waals surface area contributed by atoms with Crippen molar-refractivity contribution in [1.82, 2.24) is 4.98 Å². The molecule has 1 aromatic rings. The van der Waals surface area contributed by atoms with E-state index in [2.05, 4.69) is 9.88 Å². The van der Waals surface area contributed by atoms with Crippen molar-refractivity contribution in [1.29, 1.82) is 0 Å². The molecule has 1 aliphatic heterocycles. The molecular formula is C8H13N3S. The third-order valence-corrected chi connectivity index (χ3v) is 3.05. The number of hydrogen-bond donors (Lipinski definition) is 1. The molecule has 0 aromatic carbocycles. The predicted molar refractivity (Wildman–Crippen MR) is 51.5 cm³/mol. The van der Waals surface area contributed by atoms with Crippen molar-refractivity contribution in [3.05, 3.63) is 11.6 Å². The summed E-state index contributed by atoms with van der Waals surface area (Å²) in [6.45, 7) is 3.10. The number of nitrogens with zero attached hydrogens (tertiary/aromatic N) is 2. The Labute approximate surface area is 76.2 Å². The molecule has 1 aliphatic rings. The largest absolute Gasteiger partial charge is 0.347 e. The van der Waals surface area contributed by atoms with Crippen molar-refractivity contribution in [3.63, 3.8) is 0 Å². The molecule has 0 amide bonds. The fraction of sp³-hybridized carbons (Fsp3) is 0.625. The van der Waals surface area contributed by atoms with Crippen LogP contribution < -0.4 is 10.6 Å². The number of aromatic nitrogens is 1. The molecule has 2 heterocycles. The highest BCUT2D eigenvalue weighted by Gasteiger charge is 2.27. The molecule has 1 saturated heterocycles. The minimum atomic E-state index is 0.805. The van der Waals surface area contributed by atoms with Crippen LogP contribution in [0.3, 0.4) is 0 Å². The molecule has 2 N–H and O–H groups in total. The molecule has 0 unspecified atom stereocenters. The third-order valence-electron chi connectivity index (χ3n) is 2.22. The molecule has 0 radical (unpaired) electrons. The Morgan fingerprint density at radius 2 is 2.50 bits per heavy atom. The minimum absolute atomic E-state index is 0.805. The molecule has 2 rings (SSSR count). The van der Waals surface area contributed by atoms with Crippen LogP contribution >= 0.6 is 11.3 Å². The molecule has 0 spiro atoms. The molecule has 1 aromatic heterocycles. The van der Waals surface area contributed by atoms with E-state index >= 15 is 0 Å². The van der Waals surface area contributed by atoms with E-state index in [1.165, 1.54) is 0 Å². The van der Waals surface area contributed by atoms with Crippen molar-refractivity contribution in [2.75, 3.05) is 24.5 Å². The van der Waals surface area contributed by atoms with Gasteiger partial charge in [-0.05, 0) is 18.9 Å². The maximum atomic E-state index is 5.47. The topological polar surface area (TPSA) is 42.1 Å². The first-order chi connectivity index (χ1) is 5.90. The van der Waals surface area contributed by atoms with Crippen LogP contribution in [0.1, 0.15) is 6.42 Å². The Bertz CT molecular complexity index is 228. The van der Waals surface area contributed by atoms with Gasteiger partial charge in [0.25, 0.3) is 0 Å². The van der Waals surface area contributed by atoms with E-state index in [1.54, 1.807) is 11.3 Å². The van der Waals surface area contributed by atoms with E-state index in [9.17, 15) is 0 Å². The van der Waals surface area contributed by atoms with Gasteiger partial charge in [0.05, 0.1) is 0 Å². The fourth-order valence-corrected chi connectivity index (χ4v) is 2.18. The lowest BCUT2D eigenvalue weighted by Crippen LogP contribution is -2.47. The van der Waals surface area contributed by atoms with Gasteiger partial charge < -0.3 is 10.6 Å². The van der Waals surface area contributed by atoms with Crippen molar-refractivity contribution in [2.45, 2.75) is 6.42 Å². The summed E-state index contributed by atoms with van der Waals surface area (Å²) in [5, 5.41) is 3.18. The standard InChI is InChI=1S/C8H13N3S/c9-2-1-7-5-11(6-7)8-10-3-4-12-8/h3-4,7H,1-2,5-6,9H2. The molecule has 0 atom stereocenters. The molecule has 3 nitrogen and oxygen atoms in total. The lowest BCUT2D eigenvalue weighted by molar-refractivity contribution is 0.389. The van der Waals surface area contributed by atoms with Gasteiger partial charge in [-0.1, -0.05) is 0 Å². The van der Waals surface area contributed by atoms with Crippen molar-refractivity contribution < 1.29 is 0 Å². The highest BCUT2D eigenvalue weighted by Crippen LogP contribution is 2.27. The number of hydrogen-bond acceptors (Lipinski definition) is 4. The number of thiazole rings is 1. The summed E-state index contributed by atoms with van der Waals surface area (Å²) >= 11 is 1.71. The lowest BCUT2D eigenvalue weighted by Gasteiger charge is -2.39. The smallest absolute Gasteiger partial charge is 0.185 e. The van der Waals surface area contributed by atoms with E-state index < -0.39 is 0 Å². The van der Waals surface area contributed by atoms with Crippen LogP contribution in [-0.4, -0.2) is 24.6 Å². The number of anilines is 1. The van der Waals surface area contributed by atoms with Gasteiger partial charge in [0.15, 0.2) is 5.13 Å². The van der Waals surface area contributed by atoms with Crippen molar-refractivity contribution in [3.8, 4) is 0 Å². The van der Waals surface area contributed by atoms with Gasteiger partial charge in [-0.2, -0.15) is 0 Å². The van der Waals surface area contributed by atoms with Crippen LogP contribution in [-0.2, 0) is 0 Å². The third kappa shape index (κ3) is 1.44.